The molecule has 0 radical (unpaired) electrons. The van der Waals surface area contributed by atoms with Gasteiger partial charge in [-0.1, -0.05) is 24.3 Å². The molecule has 116 valence electrons. The fourth-order valence-electron chi connectivity index (χ4n) is 3.77. The molecule has 1 heterocycles. The zero-order chi connectivity index (χ0) is 14.9. The van der Waals surface area contributed by atoms with Gasteiger partial charge in [0.2, 0.25) is 5.91 Å². The summed E-state index contributed by atoms with van der Waals surface area (Å²) in [6, 6.07) is 7.68. The number of fused-ring (bicyclic) bond motifs is 2. The number of para-hydroxylation sites is 2. The Balaban J connectivity index is 1.45. The number of carbonyl (C=O) groups excluding carboxylic acids is 1. The molecule has 2 bridgehead atoms. The summed E-state index contributed by atoms with van der Waals surface area (Å²) >= 11 is 0. The standard InChI is InChI=1S/C18H21NO3/c20-18(15-10-12-5-6-13(15)9-12)19-16-3-1-2-4-17(16)22-14-7-8-21-11-14/h1-6,12-15H,7-11H2,(H,19,20)/t12-,13-,14+,15-/m0/s1. The Labute approximate surface area is 130 Å². The van der Waals surface area contributed by atoms with E-state index < -0.39 is 0 Å². The van der Waals surface area contributed by atoms with Crippen molar-refractivity contribution in [3.63, 3.8) is 0 Å². The number of anilines is 1. The minimum atomic E-state index is 0.0866. The molecule has 1 aromatic rings. The minimum Gasteiger partial charge on any atom is -0.486 e. The number of rotatable bonds is 4. The maximum atomic E-state index is 12.6. The minimum absolute atomic E-state index is 0.0866. The molecular formula is C18H21NO3. The van der Waals surface area contributed by atoms with Crippen molar-refractivity contribution < 1.29 is 14.3 Å². The summed E-state index contributed by atoms with van der Waals surface area (Å²) in [7, 11) is 0. The molecule has 0 spiro atoms. The number of hydrogen-bond acceptors (Lipinski definition) is 3. The van der Waals surface area contributed by atoms with Crippen molar-refractivity contribution in [2.75, 3.05) is 18.5 Å². The molecule has 4 nitrogen and oxygen atoms in total. The summed E-state index contributed by atoms with van der Waals surface area (Å²) in [6.45, 7) is 1.37. The first-order valence-corrected chi connectivity index (χ1v) is 8.12. The summed E-state index contributed by atoms with van der Waals surface area (Å²) in [5.41, 5.74) is 0.770. The lowest BCUT2D eigenvalue weighted by Gasteiger charge is -2.20. The second-order valence-electron chi connectivity index (χ2n) is 6.48. The number of amides is 1. The van der Waals surface area contributed by atoms with E-state index in [9.17, 15) is 4.79 Å². The largest absolute Gasteiger partial charge is 0.486 e. The van der Waals surface area contributed by atoms with Crippen LogP contribution in [0.2, 0.25) is 0 Å². The molecule has 22 heavy (non-hydrogen) atoms. The Hall–Kier alpha value is -1.81. The molecule has 0 unspecified atom stereocenters. The second-order valence-corrected chi connectivity index (χ2v) is 6.48. The van der Waals surface area contributed by atoms with Crippen molar-refractivity contribution in [2.45, 2.75) is 25.4 Å². The average molecular weight is 299 g/mol. The normalized spacial score (nSPS) is 32.4. The van der Waals surface area contributed by atoms with Crippen LogP contribution in [0.4, 0.5) is 5.69 Å². The molecule has 1 N–H and O–H groups in total. The molecule has 4 rings (SSSR count). The monoisotopic (exact) mass is 299 g/mol. The third-order valence-electron chi connectivity index (χ3n) is 4.94. The maximum absolute atomic E-state index is 12.6. The van der Waals surface area contributed by atoms with Crippen molar-refractivity contribution in [1.82, 2.24) is 0 Å². The van der Waals surface area contributed by atoms with Crippen LogP contribution < -0.4 is 10.1 Å². The number of benzene rings is 1. The van der Waals surface area contributed by atoms with E-state index in [-0.39, 0.29) is 17.9 Å². The van der Waals surface area contributed by atoms with Gasteiger partial charge in [-0.25, -0.2) is 0 Å². The third-order valence-corrected chi connectivity index (χ3v) is 4.94. The maximum Gasteiger partial charge on any atom is 0.228 e. The van der Waals surface area contributed by atoms with Gasteiger partial charge in [-0.2, -0.15) is 0 Å². The summed E-state index contributed by atoms with van der Waals surface area (Å²) in [6.07, 6.45) is 7.56. The Bertz CT molecular complexity index is 592. The number of nitrogens with one attached hydrogen (secondary N) is 1. The van der Waals surface area contributed by atoms with Crippen LogP contribution in [0.1, 0.15) is 19.3 Å². The van der Waals surface area contributed by atoms with Gasteiger partial charge in [-0.15, -0.1) is 0 Å². The van der Waals surface area contributed by atoms with Crippen molar-refractivity contribution in [2.24, 2.45) is 17.8 Å². The predicted octanol–water partition coefficient (Wildman–Crippen LogP) is 3.01. The lowest BCUT2D eigenvalue weighted by Crippen LogP contribution is -2.26. The fraction of sp³-hybridized carbons (Fsp3) is 0.500. The molecule has 4 atom stereocenters. The topological polar surface area (TPSA) is 47.6 Å². The van der Waals surface area contributed by atoms with E-state index in [2.05, 4.69) is 17.5 Å². The van der Waals surface area contributed by atoms with Crippen molar-refractivity contribution in [1.29, 1.82) is 0 Å². The number of carbonyl (C=O) groups is 1. The van der Waals surface area contributed by atoms with E-state index in [1.54, 1.807) is 0 Å². The summed E-state index contributed by atoms with van der Waals surface area (Å²) in [5.74, 6) is 1.99. The number of allylic oxidation sites excluding steroid dienone is 2. The summed E-state index contributed by atoms with van der Waals surface area (Å²) in [5, 5.41) is 3.07. The van der Waals surface area contributed by atoms with Gasteiger partial charge >= 0.3 is 0 Å². The van der Waals surface area contributed by atoms with Gasteiger partial charge in [0.15, 0.2) is 0 Å². The van der Waals surface area contributed by atoms with E-state index in [4.69, 9.17) is 9.47 Å². The van der Waals surface area contributed by atoms with E-state index in [0.717, 1.165) is 37.3 Å². The van der Waals surface area contributed by atoms with Crippen LogP contribution in [0.3, 0.4) is 0 Å². The first-order chi connectivity index (χ1) is 10.8. The zero-order valence-corrected chi connectivity index (χ0v) is 12.5. The van der Waals surface area contributed by atoms with Crippen LogP contribution in [0.5, 0.6) is 5.75 Å². The molecule has 4 heteroatoms. The Morgan fingerprint density at radius 3 is 2.86 bits per heavy atom. The smallest absolute Gasteiger partial charge is 0.228 e. The first-order valence-electron chi connectivity index (χ1n) is 8.12. The summed E-state index contributed by atoms with van der Waals surface area (Å²) < 4.78 is 11.3. The molecule has 1 aromatic carbocycles. The van der Waals surface area contributed by atoms with E-state index in [0.29, 0.717) is 18.4 Å². The molecule has 0 aromatic heterocycles. The molecule has 1 saturated heterocycles. The van der Waals surface area contributed by atoms with Gasteiger partial charge in [0.05, 0.1) is 18.9 Å². The average Bonchev–Trinajstić information content (AvgIpc) is 3.26. The Morgan fingerprint density at radius 2 is 2.14 bits per heavy atom. The number of ether oxygens (including phenoxy) is 2. The first kappa shape index (κ1) is 13.8. The predicted molar refractivity (Wildman–Crippen MR) is 83.8 cm³/mol. The van der Waals surface area contributed by atoms with Crippen LogP contribution in [-0.2, 0) is 9.53 Å². The molecule has 1 saturated carbocycles. The van der Waals surface area contributed by atoms with Gasteiger partial charge in [0.1, 0.15) is 11.9 Å². The molecular weight excluding hydrogens is 278 g/mol. The van der Waals surface area contributed by atoms with Crippen LogP contribution in [0.15, 0.2) is 36.4 Å². The Morgan fingerprint density at radius 1 is 1.23 bits per heavy atom. The van der Waals surface area contributed by atoms with Gasteiger partial charge in [0.25, 0.3) is 0 Å². The summed E-state index contributed by atoms with van der Waals surface area (Å²) in [4.78, 5) is 12.6. The van der Waals surface area contributed by atoms with Crippen molar-refractivity contribution >= 4 is 11.6 Å². The molecule has 1 aliphatic heterocycles. The van der Waals surface area contributed by atoms with Crippen molar-refractivity contribution in [3.05, 3.63) is 36.4 Å². The van der Waals surface area contributed by atoms with Crippen LogP contribution >= 0.6 is 0 Å². The van der Waals surface area contributed by atoms with Gasteiger partial charge < -0.3 is 14.8 Å². The molecule has 2 aliphatic carbocycles. The highest BCUT2D eigenvalue weighted by molar-refractivity contribution is 5.94. The highest BCUT2D eigenvalue weighted by Crippen LogP contribution is 2.44. The van der Waals surface area contributed by atoms with E-state index >= 15 is 0 Å². The van der Waals surface area contributed by atoms with Crippen LogP contribution in [0, 0.1) is 17.8 Å². The number of hydrogen-bond donors (Lipinski definition) is 1. The lowest BCUT2D eigenvalue weighted by molar-refractivity contribution is -0.120. The zero-order valence-electron chi connectivity index (χ0n) is 12.5. The molecule has 1 amide bonds. The van der Waals surface area contributed by atoms with Gasteiger partial charge in [0, 0.05) is 12.3 Å². The van der Waals surface area contributed by atoms with E-state index in [1.807, 2.05) is 24.3 Å². The van der Waals surface area contributed by atoms with Gasteiger partial charge in [-0.3, -0.25) is 4.79 Å². The lowest BCUT2D eigenvalue weighted by atomic mass is 9.93. The van der Waals surface area contributed by atoms with Crippen LogP contribution in [0.25, 0.3) is 0 Å². The highest BCUT2D eigenvalue weighted by Gasteiger charge is 2.39. The molecule has 3 aliphatic rings. The third kappa shape index (κ3) is 2.63. The van der Waals surface area contributed by atoms with Gasteiger partial charge in [-0.05, 0) is 36.8 Å². The van der Waals surface area contributed by atoms with Crippen molar-refractivity contribution in [3.8, 4) is 5.75 Å². The Kier molecular flexibility index (Phi) is 3.62. The second kappa shape index (κ2) is 5.76. The molecule has 2 fully saturated rings. The SMILES string of the molecule is O=C(Nc1ccccc1O[C@@H]1CCOC1)[C@H]1C[C@H]2C=C[C@H]1C2. The quantitative estimate of drug-likeness (QED) is 0.869. The van der Waals surface area contributed by atoms with E-state index in [1.165, 1.54) is 0 Å². The highest BCUT2D eigenvalue weighted by atomic mass is 16.5. The van der Waals surface area contributed by atoms with Crippen LogP contribution in [-0.4, -0.2) is 25.2 Å². The fourth-order valence-corrected chi connectivity index (χ4v) is 3.77.